The molecule has 196 valence electrons. The molecular formula is C26H29ClN4O4S2. The molecule has 1 saturated heterocycles. The summed E-state index contributed by atoms with van der Waals surface area (Å²) in [6.07, 6.45) is 2.95. The van der Waals surface area contributed by atoms with Crippen LogP contribution in [0.3, 0.4) is 0 Å². The predicted molar refractivity (Wildman–Crippen MR) is 146 cm³/mol. The molecule has 0 bridgehead atoms. The summed E-state index contributed by atoms with van der Waals surface area (Å²) in [5.41, 5.74) is 1.84. The van der Waals surface area contributed by atoms with Gasteiger partial charge in [-0.2, -0.15) is 0 Å². The largest absolute Gasteiger partial charge is 0.355 e. The maximum atomic E-state index is 13.5. The highest BCUT2D eigenvalue weighted by molar-refractivity contribution is 7.90. The first-order valence-corrected chi connectivity index (χ1v) is 15.3. The number of rotatable bonds is 7. The Bertz CT molecular complexity index is 1550. The molecule has 37 heavy (non-hydrogen) atoms. The van der Waals surface area contributed by atoms with Gasteiger partial charge in [-0.15, -0.1) is 11.3 Å². The second-order valence-electron chi connectivity index (χ2n) is 9.77. The van der Waals surface area contributed by atoms with Crippen LogP contribution in [-0.4, -0.2) is 60.4 Å². The molecule has 1 aliphatic rings. The van der Waals surface area contributed by atoms with Crippen LogP contribution in [0.5, 0.6) is 0 Å². The number of hydrogen-bond donors (Lipinski definition) is 1. The van der Waals surface area contributed by atoms with Crippen molar-refractivity contribution in [3.63, 3.8) is 0 Å². The molecule has 1 aromatic carbocycles. The third-order valence-electron chi connectivity index (χ3n) is 6.82. The summed E-state index contributed by atoms with van der Waals surface area (Å²) in [7, 11) is -3.39. The molecule has 1 fully saturated rings. The van der Waals surface area contributed by atoms with Crippen LogP contribution in [0, 0.1) is 0 Å². The van der Waals surface area contributed by atoms with Gasteiger partial charge in [0.15, 0.2) is 15.6 Å². The van der Waals surface area contributed by atoms with E-state index >= 15 is 0 Å². The van der Waals surface area contributed by atoms with Gasteiger partial charge in [-0.1, -0.05) is 16.8 Å². The Kier molecular flexibility index (Phi) is 7.19. The van der Waals surface area contributed by atoms with Crippen molar-refractivity contribution >= 4 is 49.6 Å². The van der Waals surface area contributed by atoms with Crippen molar-refractivity contribution in [1.29, 1.82) is 0 Å². The third kappa shape index (κ3) is 5.62. The van der Waals surface area contributed by atoms with E-state index in [9.17, 15) is 13.2 Å². The van der Waals surface area contributed by atoms with E-state index in [2.05, 4.69) is 29.2 Å². The lowest BCUT2D eigenvalue weighted by Gasteiger charge is -2.34. The molecule has 5 rings (SSSR count). The number of nitrogens with zero attached hydrogens (tertiary/aromatic N) is 3. The summed E-state index contributed by atoms with van der Waals surface area (Å²) < 4.78 is 32.4. The number of carbonyl (C=O) groups is 1. The van der Waals surface area contributed by atoms with Gasteiger partial charge in [0, 0.05) is 48.4 Å². The Balaban J connectivity index is 1.46. The topological polar surface area (TPSA) is 97.4 Å². The van der Waals surface area contributed by atoms with Crippen molar-refractivity contribution in [3.8, 4) is 10.6 Å². The molecule has 1 aliphatic heterocycles. The lowest BCUT2D eigenvalue weighted by Crippen LogP contribution is -2.46. The van der Waals surface area contributed by atoms with E-state index in [1.54, 1.807) is 30.3 Å². The van der Waals surface area contributed by atoms with Gasteiger partial charge in [0.05, 0.1) is 20.7 Å². The number of amides is 1. The monoisotopic (exact) mass is 560 g/mol. The van der Waals surface area contributed by atoms with Crippen LogP contribution in [0.25, 0.3) is 21.5 Å². The van der Waals surface area contributed by atoms with Gasteiger partial charge < -0.3 is 19.3 Å². The Morgan fingerprint density at radius 3 is 2.59 bits per heavy atom. The Morgan fingerprint density at radius 1 is 1.19 bits per heavy atom. The highest BCUT2D eigenvalue weighted by Gasteiger charge is 2.25. The lowest BCUT2D eigenvalue weighted by atomic mass is 10.0. The summed E-state index contributed by atoms with van der Waals surface area (Å²) in [5.74, 6) is 0.416. The molecule has 0 unspecified atom stereocenters. The van der Waals surface area contributed by atoms with Gasteiger partial charge in [-0.3, -0.25) is 4.79 Å². The normalized spacial score (nSPS) is 15.6. The average molecular weight is 561 g/mol. The number of thiophene rings is 1. The Hall–Kier alpha value is -2.66. The summed E-state index contributed by atoms with van der Waals surface area (Å²) in [6, 6.07) is 12.8. The average Bonchev–Trinajstić information content (AvgIpc) is 3.57. The van der Waals surface area contributed by atoms with Crippen molar-refractivity contribution in [1.82, 2.24) is 19.9 Å². The van der Waals surface area contributed by atoms with Gasteiger partial charge in [0.2, 0.25) is 0 Å². The van der Waals surface area contributed by atoms with Crippen molar-refractivity contribution in [2.45, 2.75) is 50.2 Å². The molecule has 8 nitrogen and oxygen atoms in total. The number of piperidine rings is 1. The quantitative estimate of drug-likeness (QED) is 0.339. The molecule has 11 heteroatoms. The molecule has 4 heterocycles. The Morgan fingerprint density at radius 2 is 1.95 bits per heavy atom. The molecule has 3 aromatic heterocycles. The van der Waals surface area contributed by atoms with Gasteiger partial charge in [-0.05, 0) is 63.1 Å². The van der Waals surface area contributed by atoms with Crippen LogP contribution in [0.1, 0.15) is 42.9 Å². The van der Waals surface area contributed by atoms with E-state index in [0.717, 1.165) is 36.3 Å². The summed E-state index contributed by atoms with van der Waals surface area (Å²) in [5, 5.41) is 8.09. The SMILES string of the molecule is CC(C)N1CCC(NC(=O)c2cc3cc(S(C)(=O)=O)ccc3n2Cc2cc(-c3ccc(Cl)s3)on2)CC1. The first-order chi connectivity index (χ1) is 17.6. The van der Waals surface area contributed by atoms with Crippen molar-refractivity contribution in [3.05, 3.63) is 58.2 Å². The van der Waals surface area contributed by atoms with Crippen molar-refractivity contribution in [2.24, 2.45) is 0 Å². The van der Waals surface area contributed by atoms with E-state index in [-0.39, 0.29) is 16.8 Å². The fourth-order valence-corrected chi connectivity index (χ4v) is 6.42. The van der Waals surface area contributed by atoms with Crippen LogP contribution in [0.2, 0.25) is 4.34 Å². The highest BCUT2D eigenvalue weighted by Crippen LogP contribution is 2.32. The minimum atomic E-state index is -3.39. The second kappa shape index (κ2) is 10.2. The number of fused-ring (bicyclic) bond motifs is 1. The molecule has 0 aliphatic carbocycles. The number of aromatic nitrogens is 2. The van der Waals surface area contributed by atoms with Crippen LogP contribution in [0.15, 0.2) is 51.9 Å². The number of hydrogen-bond acceptors (Lipinski definition) is 7. The van der Waals surface area contributed by atoms with Gasteiger partial charge in [0.25, 0.3) is 5.91 Å². The maximum Gasteiger partial charge on any atom is 0.268 e. The predicted octanol–water partition coefficient (Wildman–Crippen LogP) is 5.07. The van der Waals surface area contributed by atoms with Crippen molar-refractivity contribution < 1.29 is 17.7 Å². The summed E-state index contributed by atoms with van der Waals surface area (Å²) in [4.78, 5) is 17.0. The van der Waals surface area contributed by atoms with Gasteiger partial charge in [-0.25, -0.2) is 8.42 Å². The zero-order chi connectivity index (χ0) is 26.3. The van der Waals surface area contributed by atoms with Crippen LogP contribution in [0.4, 0.5) is 0 Å². The molecule has 0 saturated carbocycles. The molecule has 4 aromatic rings. The number of sulfone groups is 1. The van der Waals surface area contributed by atoms with Crippen LogP contribution >= 0.6 is 22.9 Å². The maximum absolute atomic E-state index is 13.5. The highest BCUT2D eigenvalue weighted by atomic mass is 35.5. The smallest absolute Gasteiger partial charge is 0.268 e. The molecule has 0 radical (unpaired) electrons. The van der Waals surface area contributed by atoms with Gasteiger partial charge in [0.1, 0.15) is 11.4 Å². The zero-order valence-corrected chi connectivity index (χ0v) is 23.3. The number of likely N-dealkylation sites (tertiary alicyclic amines) is 1. The summed E-state index contributed by atoms with van der Waals surface area (Å²) in [6.45, 7) is 6.54. The van der Waals surface area contributed by atoms with E-state index in [1.165, 1.54) is 17.6 Å². The van der Waals surface area contributed by atoms with Gasteiger partial charge >= 0.3 is 0 Å². The second-order valence-corrected chi connectivity index (χ2v) is 13.5. The van der Waals surface area contributed by atoms with Crippen LogP contribution < -0.4 is 5.32 Å². The lowest BCUT2D eigenvalue weighted by molar-refractivity contribution is 0.0892. The number of carbonyl (C=O) groups excluding carboxylic acids is 1. The number of nitrogens with one attached hydrogen (secondary N) is 1. The van der Waals surface area contributed by atoms with E-state index in [0.29, 0.717) is 39.5 Å². The first-order valence-electron chi connectivity index (χ1n) is 12.2. The molecule has 1 amide bonds. The van der Waals surface area contributed by atoms with E-state index < -0.39 is 9.84 Å². The fourth-order valence-electron chi connectivity index (χ4n) is 4.77. The van der Waals surface area contributed by atoms with E-state index in [4.69, 9.17) is 16.1 Å². The van der Waals surface area contributed by atoms with Crippen LogP contribution in [-0.2, 0) is 16.4 Å². The molecule has 1 N–H and O–H groups in total. The zero-order valence-electron chi connectivity index (χ0n) is 20.9. The minimum absolute atomic E-state index is 0.0859. The molecule has 0 spiro atoms. The fraction of sp³-hybridized carbons (Fsp3) is 0.385. The summed E-state index contributed by atoms with van der Waals surface area (Å²) >= 11 is 7.46. The minimum Gasteiger partial charge on any atom is -0.355 e. The van der Waals surface area contributed by atoms with Crippen molar-refractivity contribution in [2.75, 3.05) is 19.3 Å². The molecule has 0 atom stereocenters. The van der Waals surface area contributed by atoms with E-state index in [1.807, 2.05) is 16.7 Å². The Labute approximate surface area is 225 Å². The first kappa shape index (κ1) is 26.0. The standard InChI is InChI=1S/C26H29ClN4O4S2/c1-16(2)30-10-8-18(9-11-30)28-26(32)22-13-17-12-20(37(3,33)34)4-5-21(17)31(22)15-19-14-23(35-29-19)24-6-7-25(27)36-24/h4-7,12-14,16,18H,8-11,15H2,1-3H3,(H,28,32). The third-order valence-corrected chi connectivity index (χ3v) is 9.18. The number of benzene rings is 1. The molecular weight excluding hydrogens is 532 g/mol. The number of halogens is 1.